The fourth-order valence-electron chi connectivity index (χ4n) is 0.0385. The highest BCUT2D eigenvalue weighted by atomic mass is 32.2. The van der Waals surface area contributed by atoms with Crippen molar-refractivity contribution in [2.75, 3.05) is 7.05 Å². The highest BCUT2D eigenvalue weighted by molar-refractivity contribution is 7.70. The van der Waals surface area contributed by atoms with Gasteiger partial charge in [0.2, 0.25) is 17.3 Å². The number of hydrogen-bond donors (Lipinski definition) is 1. The van der Waals surface area contributed by atoms with Gasteiger partial charge in [0.05, 0.1) is 0 Å². The molecule has 0 aromatic heterocycles. The molecule has 0 spiro atoms. The second kappa shape index (κ2) is 2.57. The quantitative estimate of drug-likeness (QED) is 0.363. The van der Waals surface area contributed by atoms with Crippen molar-refractivity contribution in [3.05, 3.63) is 0 Å². The molecule has 0 aromatic carbocycles. The molecule has 0 radical (unpaired) electrons. The van der Waals surface area contributed by atoms with E-state index in [9.17, 15) is 13.2 Å². The highest BCUT2D eigenvalue weighted by Crippen LogP contribution is 1.67. The highest BCUT2D eigenvalue weighted by Gasteiger charge is 1.87. The number of hydrogen-bond acceptors (Lipinski definition) is 3. The fourth-order valence-corrected chi connectivity index (χ4v) is 0.115. The minimum atomic E-state index is -2.70. The summed E-state index contributed by atoms with van der Waals surface area (Å²) in [7, 11) is -1.53. The zero-order chi connectivity index (χ0) is 5.86. The molecular weight excluding hydrogens is 118 g/mol. The van der Waals surface area contributed by atoms with E-state index in [2.05, 4.69) is 0 Å². The molecule has 4 nitrogen and oxygen atoms in total. The van der Waals surface area contributed by atoms with E-state index in [1.54, 1.807) is 0 Å². The van der Waals surface area contributed by atoms with Crippen LogP contribution in [0.1, 0.15) is 0 Å². The van der Waals surface area contributed by atoms with Crippen LogP contribution in [0.5, 0.6) is 0 Å². The van der Waals surface area contributed by atoms with Crippen molar-refractivity contribution in [3.63, 3.8) is 0 Å². The molecule has 5 heteroatoms. The Bertz CT molecular complexity index is 121. The number of rotatable bonds is 2. The second-order valence-electron chi connectivity index (χ2n) is 0.917. The standard InChI is InChI=1S/C2H5NO3S/c1-3(2-4)7(5)6/h2,7H,1H3. The summed E-state index contributed by atoms with van der Waals surface area (Å²) in [6, 6.07) is 0. The Kier molecular flexibility index (Phi) is 2.36. The predicted molar refractivity (Wildman–Crippen MR) is 24.1 cm³/mol. The van der Waals surface area contributed by atoms with Gasteiger partial charge in [0.1, 0.15) is 0 Å². The number of carbonyl (C=O) groups is 1. The summed E-state index contributed by atoms with van der Waals surface area (Å²) in [5.74, 6) is 0. The lowest BCUT2D eigenvalue weighted by Gasteiger charge is -1.93. The van der Waals surface area contributed by atoms with Gasteiger partial charge in [0.25, 0.3) is 0 Å². The third-order valence-corrected chi connectivity index (χ3v) is 1.02. The van der Waals surface area contributed by atoms with Crippen LogP contribution in [0.25, 0.3) is 0 Å². The van der Waals surface area contributed by atoms with Gasteiger partial charge in [-0.15, -0.1) is 0 Å². The zero-order valence-corrected chi connectivity index (χ0v) is 4.59. The van der Waals surface area contributed by atoms with Crippen LogP contribution in [0.3, 0.4) is 0 Å². The summed E-state index contributed by atoms with van der Waals surface area (Å²) in [5, 5.41) is 0. The topological polar surface area (TPSA) is 54.5 Å². The van der Waals surface area contributed by atoms with Crippen molar-refractivity contribution in [1.82, 2.24) is 4.31 Å². The Balaban J connectivity index is 3.80. The lowest BCUT2D eigenvalue weighted by Crippen LogP contribution is -2.12. The molecule has 0 aliphatic heterocycles. The zero-order valence-electron chi connectivity index (χ0n) is 3.70. The summed E-state index contributed by atoms with van der Waals surface area (Å²) >= 11 is 0. The molecule has 0 unspecified atom stereocenters. The van der Waals surface area contributed by atoms with Crippen molar-refractivity contribution >= 4 is 17.3 Å². The Hall–Kier alpha value is -0.580. The first kappa shape index (κ1) is 6.42. The minimum Gasteiger partial charge on any atom is -0.278 e. The number of carbonyl (C=O) groups excluding carboxylic acids is 1. The molecule has 1 amide bonds. The Morgan fingerprint density at radius 1 is 1.57 bits per heavy atom. The SMILES string of the molecule is CN(C=O)[SH](=O)=O. The third-order valence-electron chi connectivity index (χ3n) is 0.410. The maximum absolute atomic E-state index is 9.66. The summed E-state index contributed by atoms with van der Waals surface area (Å²) < 4.78 is 19.9. The molecule has 0 rings (SSSR count). The maximum Gasteiger partial charge on any atom is 0.226 e. The Morgan fingerprint density at radius 3 is 2.00 bits per heavy atom. The average Bonchev–Trinajstić information content (AvgIpc) is 1.65. The Morgan fingerprint density at radius 2 is 2.00 bits per heavy atom. The van der Waals surface area contributed by atoms with Crippen LogP contribution in [0, 0.1) is 0 Å². The van der Waals surface area contributed by atoms with Crippen LogP contribution in [-0.4, -0.2) is 26.2 Å². The molecule has 0 heterocycles. The van der Waals surface area contributed by atoms with Crippen LogP contribution in [0.4, 0.5) is 0 Å². The van der Waals surface area contributed by atoms with Crippen molar-refractivity contribution in [2.45, 2.75) is 0 Å². The first-order chi connectivity index (χ1) is 3.18. The van der Waals surface area contributed by atoms with Crippen LogP contribution in [0.15, 0.2) is 0 Å². The van der Waals surface area contributed by atoms with Gasteiger partial charge >= 0.3 is 0 Å². The van der Waals surface area contributed by atoms with Crippen LogP contribution in [-0.2, 0) is 15.7 Å². The van der Waals surface area contributed by atoms with Crippen molar-refractivity contribution < 1.29 is 13.2 Å². The van der Waals surface area contributed by atoms with Crippen molar-refractivity contribution in [1.29, 1.82) is 0 Å². The smallest absolute Gasteiger partial charge is 0.226 e. The monoisotopic (exact) mass is 123 g/mol. The largest absolute Gasteiger partial charge is 0.278 e. The first-order valence-corrected chi connectivity index (χ1v) is 2.64. The second-order valence-corrected chi connectivity index (χ2v) is 2.02. The molecule has 0 saturated carbocycles. The van der Waals surface area contributed by atoms with Crippen molar-refractivity contribution in [2.24, 2.45) is 0 Å². The van der Waals surface area contributed by atoms with E-state index in [1.165, 1.54) is 7.05 Å². The van der Waals surface area contributed by atoms with E-state index < -0.39 is 10.9 Å². The molecule has 0 atom stereocenters. The van der Waals surface area contributed by atoms with Crippen molar-refractivity contribution in [3.8, 4) is 0 Å². The number of thiol groups is 1. The molecule has 0 saturated heterocycles. The molecule has 42 valence electrons. The molecule has 0 fully saturated rings. The van der Waals surface area contributed by atoms with E-state index in [1.807, 2.05) is 0 Å². The van der Waals surface area contributed by atoms with E-state index in [0.29, 0.717) is 4.31 Å². The van der Waals surface area contributed by atoms with Gasteiger partial charge in [-0.1, -0.05) is 0 Å². The van der Waals surface area contributed by atoms with Crippen LogP contribution in [0.2, 0.25) is 0 Å². The molecule has 7 heavy (non-hydrogen) atoms. The fraction of sp³-hybridized carbons (Fsp3) is 0.500. The van der Waals surface area contributed by atoms with Gasteiger partial charge in [-0.3, -0.25) is 4.79 Å². The molecule has 0 aromatic rings. The van der Waals surface area contributed by atoms with E-state index in [0.717, 1.165) is 0 Å². The molecule has 0 aliphatic rings. The summed E-state index contributed by atoms with van der Waals surface area (Å²) in [6.07, 6.45) is 0.228. The van der Waals surface area contributed by atoms with Gasteiger partial charge in [-0.05, 0) is 0 Å². The van der Waals surface area contributed by atoms with Gasteiger partial charge in [0.15, 0.2) is 0 Å². The number of amides is 1. The first-order valence-electron chi connectivity index (χ1n) is 1.51. The Labute approximate surface area is 42.8 Å². The number of nitrogens with zero attached hydrogens (tertiary/aromatic N) is 1. The lowest BCUT2D eigenvalue weighted by molar-refractivity contribution is -0.113. The minimum absolute atomic E-state index is 0.228. The summed E-state index contributed by atoms with van der Waals surface area (Å²) in [6.45, 7) is 0. The van der Waals surface area contributed by atoms with Gasteiger partial charge in [-0.2, -0.15) is 0 Å². The summed E-state index contributed by atoms with van der Waals surface area (Å²) in [5.41, 5.74) is 0. The summed E-state index contributed by atoms with van der Waals surface area (Å²) in [4.78, 5) is 9.49. The van der Waals surface area contributed by atoms with E-state index in [-0.39, 0.29) is 6.41 Å². The molecular formula is C2H5NO3S. The normalized spacial score (nSPS) is 8.86. The molecule has 0 aliphatic carbocycles. The van der Waals surface area contributed by atoms with Gasteiger partial charge < -0.3 is 0 Å². The van der Waals surface area contributed by atoms with Gasteiger partial charge in [-0.25, -0.2) is 12.7 Å². The predicted octanol–water partition coefficient (Wildman–Crippen LogP) is -1.40. The maximum atomic E-state index is 9.66. The van der Waals surface area contributed by atoms with Crippen LogP contribution >= 0.6 is 0 Å². The average molecular weight is 123 g/mol. The van der Waals surface area contributed by atoms with Crippen LogP contribution < -0.4 is 0 Å². The molecule has 0 bridgehead atoms. The van der Waals surface area contributed by atoms with E-state index >= 15 is 0 Å². The van der Waals surface area contributed by atoms with Gasteiger partial charge in [0, 0.05) is 7.05 Å². The lowest BCUT2D eigenvalue weighted by atomic mass is 11.2. The van der Waals surface area contributed by atoms with E-state index in [4.69, 9.17) is 0 Å². The third kappa shape index (κ3) is 2.16. The molecule has 0 N–H and O–H groups in total.